The van der Waals surface area contributed by atoms with E-state index in [4.69, 9.17) is 4.74 Å². The largest absolute Gasteiger partial charge is 0.476 e. The molecule has 6 nitrogen and oxygen atoms in total. The number of ether oxygens (including phenoxy) is 1. The monoisotopic (exact) mass is 500 g/mol. The molecule has 0 aromatic heterocycles. The third kappa shape index (κ3) is 5.37. The van der Waals surface area contributed by atoms with E-state index in [1.807, 2.05) is 6.92 Å². The minimum Gasteiger partial charge on any atom is -0.476 e. The van der Waals surface area contributed by atoms with Crippen molar-refractivity contribution in [3.8, 4) is 5.75 Å². The van der Waals surface area contributed by atoms with Crippen molar-refractivity contribution in [3.63, 3.8) is 0 Å². The number of amides is 1. The molecular formula is C25H25FN2O4S2. The molecule has 178 valence electrons. The molecule has 3 aromatic rings. The molecule has 0 aliphatic carbocycles. The molecule has 1 amide bonds. The van der Waals surface area contributed by atoms with Crippen molar-refractivity contribution in [2.45, 2.75) is 23.7 Å². The predicted molar refractivity (Wildman–Crippen MR) is 132 cm³/mol. The Hall–Kier alpha value is -3.04. The number of hydrogen-bond acceptors (Lipinski definition) is 5. The van der Waals surface area contributed by atoms with Gasteiger partial charge in [-0.05, 0) is 42.8 Å². The van der Waals surface area contributed by atoms with Gasteiger partial charge in [-0.2, -0.15) is 11.8 Å². The van der Waals surface area contributed by atoms with Crippen LogP contribution in [0.1, 0.15) is 11.1 Å². The maximum absolute atomic E-state index is 13.7. The molecule has 1 aliphatic rings. The van der Waals surface area contributed by atoms with E-state index in [0.29, 0.717) is 35.1 Å². The van der Waals surface area contributed by atoms with Crippen molar-refractivity contribution >= 4 is 33.4 Å². The van der Waals surface area contributed by atoms with Crippen LogP contribution in [0.3, 0.4) is 0 Å². The molecule has 4 rings (SSSR count). The van der Waals surface area contributed by atoms with Crippen LogP contribution in [0.2, 0.25) is 0 Å². The van der Waals surface area contributed by atoms with E-state index >= 15 is 0 Å². The molecule has 1 aliphatic heterocycles. The first kappa shape index (κ1) is 24.1. The van der Waals surface area contributed by atoms with Crippen LogP contribution in [0.25, 0.3) is 0 Å². The van der Waals surface area contributed by atoms with Gasteiger partial charge in [-0.3, -0.25) is 9.10 Å². The SMILES string of the molecule is Cc1ccc(S(=O)(=O)N2C[C@H](C(=O)NCCSCc3ccccc3F)Oc3ccccc32)cc1. The van der Waals surface area contributed by atoms with Gasteiger partial charge in [-0.25, -0.2) is 12.8 Å². The average molecular weight is 501 g/mol. The van der Waals surface area contributed by atoms with E-state index in [1.165, 1.54) is 22.1 Å². The van der Waals surface area contributed by atoms with Crippen molar-refractivity contribution in [3.05, 3.63) is 89.7 Å². The highest BCUT2D eigenvalue weighted by Crippen LogP contribution is 2.36. The molecule has 0 fully saturated rings. The first-order valence-corrected chi connectivity index (χ1v) is 13.4. The molecule has 0 saturated carbocycles. The Morgan fingerprint density at radius 3 is 2.56 bits per heavy atom. The number of fused-ring (bicyclic) bond motifs is 1. The summed E-state index contributed by atoms with van der Waals surface area (Å²) in [4.78, 5) is 13.0. The number of carbonyl (C=O) groups excluding carboxylic acids is 1. The number of halogens is 1. The van der Waals surface area contributed by atoms with Gasteiger partial charge >= 0.3 is 0 Å². The van der Waals surface area contributed by atoms with Gasteiger partial charge in [0.1, 0.15) is 11.6 Å². The summed E-state index contributed by atoms with van der Waals surface area (Å²) in [5.74, 6) is 0.763. The van der Waals surface area contributed by atoms with E-state index < -0.39 is 22.0 Å². The van der Waals surface area contributed by atoms with Crippen molar-refractivity contribution in [1.82, 2.24) is 5.32 Å². The molecule has 34 heavy (non-hydrogen) atoms. The van der Waals surface area contributed by atoms with Crippen molar-refractivity contribution in [2.24, 2.45) is 0 Å². The number of nitrogens with one attached hydrogen (secondary N) is 1. The summed E-state index contributed by atoms with van der Waals surface area (Å²) in [6.45, 7) is 2.10. The van der Waals surface area contributed by atoms with E-state index in [9.17, 15) is 17.6 Å². The van der Waals surface area contributed by atoms with Crippen LogP contribution in [0.5, 0.6) is 5.75 Å². The first-order chi connectivity index (χ1) is 16.4. The Bertz CT molecular complexity index is 1270. The van der Waals surface area contributed by atoms with E-state index in [1.54, 1.807) is 66.7 Å². The number of thioether (sulfide) groups is 1. The van der Waals surface area contributed by atoms with Gasteiger partial charge in [0.05, 0.1) is 17.1 Å². The van der Waals surface area contributed by atoms with Gasteiger partial charge < -0.3 is 10.1 Å². The maximum Gasteiger partial charge on any atom is 0.264 e. The van der Waals surface area contributed by atoms with Gasteiger partial charge in [0.15, 0.2) is 6.10 Å². The zero-order valence-corrected chi connectivity index (χ0v) is 20.2. The number of hydrogen-bond donors (Lipinski definition) is 1. The van der Waals surface area contributed by atoms with Crippen LogP contribution in [0.15, 0.2) is 77.7 Å². The lowest BCUT2D eigenvalue weighted by molar-refractivity contribution is -0.127. The molecule has 0 radical (unpaired) electrons. The third-order valence-corrected chi connectivity index (χ3v) is 8.20. The molecule has 0 spiro atoms. The van der Waals surface area contributed by atoms with Gasteiger partial charge in [0.25, 0.3) is 15.9 Å². The second-order valence-corrected chi connectivity index (χ2v) is 10.8. The van der Waals surface area contributed by atoms with Crippen LogP contribution in [0, 0.1) is 12.7 Å². The van der Waals surface area contributed by atoms with Gasteiger partial charge in [-0.1, -0.05) is 48.0 Å². The van der Waals surface area contributed by atoms with E-state index in [-0.39, 0.29) is 17.3 Å². The van der Waals surface area contributed by atoms with Gasteiger partial charge in [0, 0.05) is 18.1 Å². The highest BCUT2D eigenvalue weighted by atomic mass is 32.2. The van der Waals surface area contributed by atoms with Crippen LogP contribution in [-0.2, 0) is 20.6 Å². The lowest BCUT2D eigenvalue weighted by Crippen LogP contribution is -2.51. The Kier molecular flexibility index (Phi) is 7.43. The molecular weight excluding hydrogens is 475 g/mol. The van der Waals surface area contributed by atoms with Crippen LogP contribution >= 0.6 is 11.8 Å². The quantitative estimate of drug-likeness (QED) is 0.471. The summed E-state index contributed by atoms with van der Waals surface area (Å²) in [5, 5.41) is 2.80. The molecule has 0 bridgehead atoms. The number of sulfonamides is 1. The minimum absolute atomic E-state index is 0.137. The first-order valence-electron chi connectivity index (χ1n) is 10.8. The molecule has 9 heteroatoms. The van der Waals surface area contributed by atoms with Gasteiger partial charge in [0.2, 0.25) is 0 Å². The summed E-state index contributed by atoms with van der Waals surface area (Å²) in [7, 11) is -3.89. The fourth-order valence-electron chi connectivity index (χ4n) is 3.56. The zero-order valence-electron chi connectivity index (χ0n) is 18.6. The third-order valence-electron chi connectivity index (χ3n) is 5.40. The lowest BCUT2D eigenvalue weighted by Gasteiger charge is -2.34. The summed E-state index contributed by atoms with van der Waals surface area (Å²) in [5.41, 5.74) is 1.96. The fraction of sp³-hybridized carbons (Fsp3) is 0.240. The topological polar surface area (TPSA) is 75.7 Å². The Morgan fingerprint density at radius 1 is 1.09 bits per heavy atom. The van der Waals surface area contributed by atoms with Crippen LogP contribution in [0.4, 0.5) is 10.1 Å². The predicted octanol–water partition coefficient (Wildman–Crippen LogP) is 4.14. The Balaban J connectivity index is 1.41. The van der Waals surface area contributed by atoms with Crippen LogP contribution < -0.4 is 14.4 Å². The lowest BCUT2D eigenvalue weighted by atomic mass is 10.2. The number of aryl methyl sites for hydroxylation is 1. The highest BCUT2D eigenvalue weighted by Gasteiger charge is 2.37. The molecule has 1 heterocycles. The zero-order chi connectivity index (χ0) is 24.1. The number of nitrogens with zero attached hydrogens (tertiary/aromatic N) is 1. The smallest absolute Gasteiger partial charge is 0.264 e. The van der Waals surface area contributed by atoms with E-state index in [2.05, 4.69) is 5.32 Å². The van der Waals surface area contributed by atoms with Crippen molar-refractivity contribution in [2.75, 3.05) is 23.1 Å². The fourth-order valence-corrected chi connectivity index (χ4v) is 5.88. The van der Waals surface area contributed by atoms with Crippen molar-refractivity contribution < 1.29 is 22.3 Å². The summed E-state index contributed by atoms with van der Waals surface area (Å²) >= 11 is 1.50. The maximum atomic E-state index is 13.7. The average Bonchev–Trinajstić information content (AvgIpc) is 2.84. The van der Waals surface area contributed by atoms with Gasteiger partial charge in [-0.15, -0.1) is 0 Å². The van der Waals surface area contributed by atoms with Crippen LogP contribution in [-0.4, -0.2) is 39.3 Å². The molecule has 3 aromatic carbocycles. The number of anilines is 1. The second-order valence-electron chi connectivity index (χ2n) is 7.86. The number of para-hydroxylation sites is 2. The Morgan fingerprint density at radius 2 is 1.79 bits per heavy atom. The summed E-state index contributed by atoms with van der Waals surface area (Å²) in [6.07, 6.45) is -0.994. The normalized spacial score (nSPS) is 15.4. The van der Waals surface area contributed by atoms with Crippen molar-refractivity contribution in [1.29, 1.82) is 0 Å². The molecule has 1 atom stereocenters. The Labute approximate surface area is 203 Å². The molecule has 1 N–H and O–H groups in total. The second kappa shape index (κ2) is 10.5. The summed E-state index contributed by atoms with van der Waals surface area (Å²) in [6, 6.07) is 20.0. The number of benzene rings is 3. The summed E-state index contributed by atoms with van der Waals surface area (Å²) < 4.78 is 47.6. The minimum atomic E-state index is -3.89. The molecule has 0 saturated heterocycles. The van der Waals surface area contributed by atoms with E-state index in [0.717, 1.165) is 5.56 Å². The number of rotatable bonds is 8. The standard InChI is InChI=1S/C25H25FN2O4S2/c1-18-10-12-20(13-11-18)34(30,31)28-16-24(32-23-9-5-4-8-22(23)28)25(29)27-14-15-33-17-19-6-2-3-7-21(19)26/h2-13,24H,14-17H2,1H3,(H,27,29)/t24-/m1/s1. The number of carbonyl (C=O) groups is 1. The molecule has 0 unspecified atom stereocenters. The highest BCUT2D eigenvalue weighted by molar-refractivity contribution is 7.98.